The highest BCUT2D eigenvalue weighted by atomic mass is 16.6. The van der Waals surface area contributed by atoms with E-state index in [-0.39, 0.29) is 12.1 Å². The number of carbonyl (C=O) groups excluding carboxylic acids is 1. The van der Waals surface area contributed by atoms with Gasteiger partial charge < -0.3 is 19.9 Å². The molecule has 0 saturated carbocycles. The molecule has 0 saturated heterocycles. The molecule has 0 aliphatic carbocycles. The van der Waals surface area contributed by atoms with Crippen LogP contribution in [-0.2, 0) is 17.8 Å². The Morgan fingerprint density at radius 1 is 1.36 bits per heavy atom. The van der Waals surface area contributed by atoms with Gasteiger partial charge in [0.25, 0.3) is 0 Å². The van der Waals surface area contributed by atoms with Gasteiger partial charge in [-0.2, -0.15) is 0 Å². The van der Waals surface area contributed by atoms with Crippen molar-refractivity contribution < 1.29 is 9.53 Å². The van der Waals surface area contributed by atoms with E-state index in [2.05, 4.69) is 42.0 Å². The topological polar surface area (TPSA) is 55.3 Å². The zero-order valence-electron chi connectivity index (χ0n) is 15.0. The second kappa shape index (κ2) is 7.68. The van der Waals surface area contributed by atoms with Crippen LogP contribution >= 0.6 is 0 Å². The van der Waals surface area contributed by atoms with Crippen LogP contribution in [0.1, 0.15) is 51.6 Å². The molecule has 1 unspecified atom stereocenters. The van der Waals surface area contributed by atoms with Gasteiger partial charge in [-0.25, -0.2) is 4.79 Å². The molecule has 2 N–H and O–H groups in total. The smallest absolute Gasteiger partial charge is 0.407 e. The van der Waals surface area contributed by atoms with E-state index in [9.17, 15) is 4.79 Å². The molecule has 1 atom stereocenters. The first-order valence-electron chi connectivity index (χ1n) is 8.00. The molecule has 22 heavy (non-hydrogen) atoms. The number of alkyl carbamates (subject to hydrolysis) is 1. The molecule has 1 amide bonds. The van der Waals surface area contributed by atoms with E-state index in [1.165, 1.54) is 17.0 Å². The summed E-state index contributed by atoms with van der Waals surface area (Å²) in [5, 5.41) is 6.23. The van der Waals surface area contributed by atoms with Crippen LogP contribution in [0.4, 0.5) is 4.79 Å². The van der Waals surface area contributed by atoms with Gasteiger partial charge in [-0.1, -0.05) is 0 Å². The Labute approximate surface area is 134 Å². The molecule has 5 nitrogen and oxygen atoms in total. The maximum atomic E-state index is 11.7. The van der Waals surface area contributed by atoms with Crippen LogP contribution in [0.2, 0.25) is 0 Å². The SMILES string of the molecule is CCn1c(C)cc(CNCC(C)NC(=O)OC(C)(C)C)c1C. The van der Waals surface area contributed by atoms with Crippen LogP contribution < -0.4 is 10.6 Å². The lowest BCUT2D eigenvalue weighted by molar-refractivity contribution is 0.0508. The number of aromatic nitrogens is 1. The van der Waals surface area contributed by atoms with E-state index in [1.54, 1.807) is 0 Å². The number of hydrogen-bond acceptors (Lipinski definition) is 3. The highest BCUT2D eigenvalue weighted by molar-refractivity contribution is 5.68. The second-order valence-corrected chi connectivity index (χ2v) is 6.82. The van der Waals surface area contributed by atoms with E-state index >= 15 is 0 Å². The van der Waals surface area contributed by atoms with E-state index < -0.39 is 5.60 Å². The molecule has 0 aliphatic heterocycles. The molecule has 0 fully saturated rings. The molecule has 1 aromatic heterocycles. The van der Waals surface area contributed by atoms with Gasteiger partial charge in [0.1, 0.15) is 5.60 Å². The summed E-state index contributed by atoms with van der Waals surface area (Å²) in [6.45, 7) is 16.5. The Balaban J connectivity index is 2.39. The minimum Gasteiger partial charge on any atom is -0.444 e. The lowest BCUT2D eigenvalue weighted by Gasteiger charge is -2.22. The van der Waals surface area contributed by atoms with Gasteiger partial charge in [0.2, 0.25) is 0 Å². The summed E-state index contributed by atoms with van der Waals surface area (Å²) in [6.07, 6.45) is -0.369. The maximum Gasteiger partial charge on any atom is 0.407 e. The monoisotopic (exact) mass is 309 g/mol. The van der Waals surface area contributed by atoms with Crippen molar-refractivity contribution in [3.63, 3.8) is 0 Å². The fraction of sp³-hybridized carbons (Fsp3) is 0.706. The van der Waals surface area contributed by atoms with Gasteiger partial charge in [0.05, 0.1) is 0 Å². The number of carbonyl (C=O) groups is 1. The number of aryl methyl sites for hydroxylation is 1. The van der Waals surface area contributed by atoms with Crippen LogP contribution in [0.15, 0.2) is 6.07 Å². The number of amides is 1. The largest absolute Gasteiger partial charge is 0.444 e. The number of rotatable bonds is 6. The highest BCUT2D eigenvalue weighted by Crippen LogP contribution is 2.14. The first kappa shape index (κ1) is 18.6. The zero-order valence-corrected chi connectivity index (χ0v) is 15.0. The molecule has 0 spiro atoms. The molecule has 1 aromatic rings. The van der Waals surface area contributed by atoms with E-state index in [0.717, 1.165) is 13.1 Å². The Morgan fingerprint density at radius 2 is 2.00 bits per heavy atom. The van der Waals surface area contributed by atoms with Crippen molar-refractivity contribution in [3.05, 3.63) is 23.0 Å². The molecule has 0 aromatic carbocycles. The predicted molar refractivity (Wildman–Crippen MR) is 90.1 cm³/mol. The third-order valence-electron chi connectivity index (χ3n) is 3.52. The normalized spacial score (nSPS) is 13.0. The molecule has 1 rings (SSSR count). The van der Waals surface area contributed by atoms with Gasteiger partial charge in [0, 0.05) is 37.1 Å². The predicted octanol–water partition coefficient (Wildman–Crippen LogP) is 3.13. The van der Waals surface area contributed by atoms with Crippen molar-refractivity contribution in [3.8, 4) is 0 Å². The summed E-state index contributed by atoms with van der Waals surface area (Å²) >= 11 is 0. The summed E-state index contributed by atoms with van der Waals surface area (Å²) in [5.41, 5.74) is 3.44. The van der Waals surface area contributed by atoms with E-state index in [1.807, 2.05) is 27.7 Å². The van der Waals surface area contributed by atoms with Crippen LogP contribution in [0.3, 0.4) is 0 Å². The van der Waals surface area contributed by atoms with Gasteiger partial charge in [-0.3, -0.25) is 0 Å². The minimum atomic E-state index is -0.463. The molecule has 126 valence electrons. The maximum absolute atomic E-state index is 11.7. The van der Waals surface area contributed by atoms with Gasteiger partial charge in [-0.05, 0) is 60.1 Å². The van der Waals surface area contributed by atoms with Crippen molar-refractivity contribution in [2.75, 3.05) is 6.54 Å². The Bertz CT molecular complexity index is 501. The quantitative estimate of drug-likeness (QED) is 0.849. The Hall–Kier alpha value is -1.49. The molecule has 0 radical (unpaired) electrons. The van der Waals surface area contributed by atoms with Gasteiger partial charge in [0.15, 0.2) is 0 Å². The third-order valence-corrected chi connectivity index (χ3v) is 3.52. The van der Waals surface area contributed by atoms with E-state index in [0.29, 0.717) is 6.54 Å². The number of nitrogens with one attached hydrogen (secondary N) is 2. The molecular weight excluding hydrogens is 278 g/mol. The number of hydrogen-bond donors (Lipinski definition) is 2. The summed E-state index contributed by atoms with van der Waals surface area (Å²) in [5.74, 6) is 0. The number of ether oxygens (including phenoxy) is 1. The summed E-state index contributed by atoms with van der Waals surface area (Å²) in [6, 6.07) is 2.24. The average Bonchev–Trinajstić information content (AvgIpc) is 2.61. The van der Waals surface area contributed by atoms with Gasteiger partial charge in [-0.15, -0.1) is 0 Å². The molecule has 5 heteroatoms. The highest BCUT2D eigenvalue weighted by Gasteiger charge is 2.17. The summed E-state index contributed by atoms with van der Waals surface area (Å²) < 4.78 is 7.55. The van der Waals surface area contributed by atoms with Crippen LogP contribution in [-0.4, -0.2) is 28.8 Å². The fourth-order valence-electron chi connectivity index (χ4n) is 2.52. The average molecular weight is 309 g/mol. The van der Waals surface area contributed by atoms with Crippen molar-refractivity contribution in [1.82, 2.24) is 15.2 Å². The summed E-state index contributed by atoms with van der Waals surface area (Å²) in [4.78, 5) is 11.7. The molecule has 0 bridgehead atoms. The van der Waals surface area contributed by atoms with Crippen LogP contribution in [0.5, 0.6) is 0 Å². The second-order valence-electron chi connectivity index (χ2n) is 6.82. The number of nitrogens with zero attached hydrogens (tertiary/aromatic N) is 1. The van der Waals surface area contributed by atoms with Crippen LogP contribution in [0.25, 0.3) is 0 Å². The van der Waals surface area contributed by atoms with Gasteiger partial charge >= 0.3 is 6.09 Å². The molecule has 0 aliphatic rings. The van der Waals surface area contributed by atoms with Crippen molar-refractivity contribution >= 4 is 6.09 Å². The Kier molecular flexibility index (Phi) is 6.48. The fourth-order valence-corrected chi connectivity index (χ4v) is 2.52. The lowest BCUT2D eigenvalue weighted by atomic mass is 10.2. The minimum absolute atomic E-state index is 0.0181. The lowest BCUT2D eigenvalue weighted by Crippen LogP contribution is -2.42. The molecular formula is C17H31N3O2. The standard InChI is InChI=1S/C17H31N3O2/c1-8-20-13(3)9-15(14(20)4)11-18-10-12(2)19-16(21)22-17(5,6)7/h9,12,18H,8,10-11H2,1-7H3,(H,19,21). The summed E-state index contributed by atoms with van der Waals surface area (Å²) in [7, 11) is 0. The first-order valence-corrected chi connectivity index (χ1v) is 8.00. The first-order chi connectivity index (χ1) is 10.1. The zero-order chi connectivity index (χ0) is 16.9. The van der Waals surface area contributed by atoms with Crippen molar-refractivity contribution in [2.45, 2.75) is 73.2 Å². The van der Waals surface area contributed by atoms with Crippen molar-refractivity contribution in [1.29, 1.82) is 0 Å². The van der Waals surface area contributed by atoms with E-state index in [4.69, 9.17) is 4.74 Å². The van der Waals surface area contributed by atoms with Crippen molar-refractivity contribution in [2.24, 2.45) is 0 Å². The Morgan fingerprint density at radius 3 is 2.50 bits per heavy atom. The third kappa shape index (κ3) is 5.72. The van der Waals surface area contributed by atoms with Crippen LogP contribution in [0, 0.1) is 13.8 Å². The molecule has 1 heterocycles.